The van der Waals surface area contributed by atoms with E-state index in [1.54, 1.807) is 13.3 Å². The van der Waals surface area contributed by atoms with Crippen molar-refractivity contribution in [3.8, 4) is 0 Å². The smallest absolute Gasteiger partial charge is 0.0883 e. The second-order valence-electron chi connectivity index (χ2n) is 5.01. The van der Waals surface area contributed by atoms with Crippen LogP contribution in [0.15, 0.2) is 36.5 Å². The fraction of sp³-hybridized carbons (Fsp3) is 0.400. The summed E-state index contributed by atoms with van der Waals surface area (Å²) < 4.78 is 5.32. The Morgan fingerprint density at radius 3 is 2.72 bits per heavy atom. The monoisotopic (exact) mass is 245 g/mol. The molecule has 2 rings (SSSR count). The van der Waals surface area contributed by atoms with Crippen LogP contribution in [0.4, 0.5) is 0 Å². The van der Waals surface area contributed by atoms with Gasteiger partial charge in [0.15, 0.2) is 0 Å². The Morgan fingerprint density at radius 1 is 1.28 bits per heavy atom. The summed E-state index contributed by atoms with van der Waals surface area (Å²) in [6.07, 6.45) is 1.79. The molecule has 0 aliphatic rings. The summed E-state index contributed by atoms with van der Waals surface area (Å²) in [6.45, 7) is 3.78. The summed E-state index contributed by atoms with van der Waals surface area (Å²) in [5.74, 6) is 0. The Hall–Kier alpha value is -1.45. The van der Waals surface area contributed by atoms with Gasteiger partial charge < -0.3 is 9.84 Å². The van der Waals surface area contributed by atoms with Gasteiger partial charge in [-0.3, -0.25) is 4.98 Å². The molecule has 18 heavy (non-hydrogen) atoms. The number of hydrogen-bond donors (Lipinski definition) is 1. The number of aliphatic hydroxyl groups excluding tert-OH is 1. The fourth-order valence-electron chi connectivity index (χ4n) is 1.92. The zero-order valence-electron chi connectivity index (χ0n) is 11.1. The van der Waals surface area contributed by atoms with Gasteiger partial charge in [-0.25, -0.2) is 0 Å². The van der Waals surface area contributed by atoms with Crippen molar-refractivity contribution >= 4 is 10.9 Å². The highest BCUT2D eigenvalue weighted by molar-refractivity contribution is 5.81. The lowest BCUT2D eigenvalue weighted by Gasteiger charge is -2.29. The molecule has 1 aromatic heterocycles. The van der Waals surface area contributed by atoms with Crippen LogP contribution in [0.25, 0.3) is 10.9 Å². The van der Waals surface area contributed by atoms with Crippen LogP contribution in [0.1, 0.15) is 19.4 Å². The van der Waals surface area contributed by atoms with Crippen LogP contribution in [0.3, 0.4) is 0 Å². The van der Waals surface area contributed by atoms with Crippen molar-refractivity contribution in [2.45, 2.75) is 32.0 Å². The van der Waals surface area contributed by atoms with E-state index < -0.39 is 11.7 Å². The molecule has 96 valence electrons. The van der Waals surface area contributed by atoms with Gasteiger partial charge in [-0.1, -0.05) is 18.2 Å². The topological polar surface area (TPSA) is 42.4 Å². The summed E-state index contributed by atoms with van der Waals surface area (Å²) in [6, 6.07) is 9.92. The molecule has 2 aromatic rings. The quantitative estimate of drug-likeness (QED) is 0.900. The Kier molecular flexibility index (Phi) is 3.64. The summed E-state index contributed by atoms with van der Waals surface area (Å²) in [4.78, 5) is 4.32. The highest BCUT2D eigenvalue weighted by Gasteiger charge is 2.27. The third kappa shape index (κ3) is 2.52. The lowest BCUT2D eigenvalue weighted by molar-refractivity contribution is -0.0763. The Morgan fingerprint density at radius 2 is 2.00 bits per heavy atom. The Labute approximate surface area is 107 Å². The van der Waals surface area contributed by atoms with Crippen LogP contribution in [-0.2, 0) is 11.2 Å². The first-order valence-electron chi connectivity index (χ1n) is 6.10. The summed E-state index contributed by atoms with van der Waals surface area (Å²) in [5.41, 5.74) is 1.50. The number of pyridine rings is 1. The zero-order valence-corrected chi connectivity index (χ0v) is 11.1. The van der Waals surface area contributed by atoms with Crippen molar-refractivity contribution < 1.29 is 9.84 Å². The van der Waals surface area contributed by atoms with Gasteiger partial charge in [0.2, 0.25) is 0 Å². The molecule has 0 spiro atoms. The summed E-state index contributed by atoms with van der Waals surface area (Å²) >= 11 is 0. The lowest BCUT2D eigenvalue weighted by atomic mass is 9.93. The molecule has 0 saturated heterocycles. The van der Waals surface area contributed by atoms with Crippen molar-refractivity contribution in [1.29, 1.82) is 0 Å². The summed E-state index contributed by atoms with van der Waals surface area (Å²) in [5, 5.41) is 11.3. The van der Waals surface area contributed by atoms with Crippen LogP contribution in [0, 0.1) is 0 Å². The number of rotatable bonds is 4. The van der Waals surface area contributed by atoms with Crippen LogP contribution < -0.4 is 0 Å². The van der Waals surface area contributed by atoms with Gasteiger partial charge in [0.25, 0.3) is 0 Å². The maximum atomic E-state index is 10.2. The molecule has 0 radical (unpaired) electrons. The zero-order chi connectivity index (χ0) is 13.2. The van der Waals surface area contributed by atoms with Crippen molar-refractivity contribution in [2.24, 2.45) is 0 Å². The molecule has 1 atom stereocenters. The van der Waals surface area contributed by atoms with E-state index in [9.17, 15) is 5.11 Å². The van der Waals surface area contributed by atoms with E-state index in [0.717, 1.165) is 16.5 Å². The first kappa shape index (κ1) is 13.0. The van der Waals surface area contributed by atoms with E-state index in [1.165, 1.54) is 0 Å². The Balaban J connectivity index is 2.32. The van der Waals surface area contributed by atoms with Crippen LogP contribution in [0.2, 0.25) is 0 Å². The van der Waals surface area contributed by atoms with Crippen molar-refractivity contribution in [2.75, 3.05) is 7.11 Å². The van der Waals surface area contributed by atoms with E-state index >= 15 is 0 Å². The number of hydrogen-bond acceptors (Lipinski definition) is 3. The minimum atomic E-state index is -0.551. The predicted octanol–water partition coefficient (Wildman–Crippen LogP) is 2.56. The Bertz CT molecular complexity index is 532. The molecule has 1 unspecified atom stereocenters. The maximum Gasteiger partial charge on any atom is 0.0883 e. The van der Waals surface area contributed by atoms with Gasteiger partial charge in [-0.05, 0) is 31.5 Å². The molecule has 0 aliphatic heterocycles. The van der Waals surface area contributed by atoms with E-state index in [-0.39, 0.29) is 0 Å². The molecular formula is C15H19NO2. The number of fused-ring (bicyclic) bond motifs is 1. The molecule has 0 bridgehead atoms. The number of aromatic nitrogens is 1. The maximum absolute atomic E-state index is 10.2. The number of benzene rings is 1. The molecule has 0 amide bonds. The first-order chi connectivity index (χ1) is 8.54. The van der Waals surface area contributed by atoms with Gasteiger partial charge in [-0.15, -0.1) is 0 Å². The van der Waals surface area contributed by atoms with Gasteiger partial charge in [0.05, 0.1) is 17.2 Å². The van der Waals surface area contributed by atoms with Crippen molar-refractivity contribution in [3.05, 3.63) is 42.1 Å². The molecule has 1 aromatic carbocycles. The second kappa shape index (κ2) is 5.04. The third-order valence-corrected chi connectivity index (χ3v) is 3.48. The number of nitrogens with zero attached hydrogens (tertiary/aromatic N) is 1. The third-order valence-electron chi connectivity index (χ3n) is 3.48. The second-order valence-corrected chi connectivity index (χ2v) is 5.01. The minimum absolute atomic E-state index is 0.548. The number of para-hydroxylation sites is 1. The van der Waals surface area contributed by atoms with Gasteiger partial charge >= 0.3 is 0 Å². The van der Waals surface area contributed by atoms with Crippen LogP contribution in [0.5, 0.6) is 0 Å². The lowest BCUT2D eigenvalue weighted by Crippen LogP contribution is -2.39. The molecule has 1 heterocycles. The first-order valence-corrected chi connectivity index (χ1v) is 6.10. The van der Waals surface area contributed by atoms with Crippen LogP contribution >= 0.6 is 0 Å². The largest absolute Gasteiger partial charge is 0.390 e. The highest BCUT2D eigenvalue weighted by Crippen LogP contribution is 2.22. The van der Waals surface area contributed by atoms with E-state index in [2.05, 4.69) is 4.98 Å². The van der Waals surface area contributed by atoms with Crippen molar-refractivity contribution in [1.82, 2.24) is 4.98 Å². The molecule has 0 aliphatic carbocycles. The number of methoxy groups -OCH3 is 1. The van der Waals surface area contributed by atoms with Gasteiger partial charge in [0.1, 0.15) is 0 Å². The average molecular weight is 245 g/mol. The minimum Gasteiger partial charge on any atom is -0.390 e. The van der Waals surface area contributed by atoms with E-state index in [1.807, 2.05) is 44.2 Å². The SMILES string of the molecule is COC(C)(C)C(O)Cc1ccnc2ccccc12. The van der Waals surface area contributed by atoms with Crippen molar-refractivity contribution in [3.63, 3.8) is 0 Å². The molecule has 0 fully saturated rings. The molecule has 3 nitrogen and oxygen atoms in total. The molecule has 1 N–H and O–H groups in total. The predicted molar refractivity (Wildman–Crippen MR) is 72.5 cm³/mol. The normalized spacial score (nSPS) is 13.8. The van der Waals surface area contributed by atoms with E-state index in [4.69, 9.17) is 4.74 Å². The van der Waals surface area contributed by atoms with Gasteiger partial charge in [-0.2, -0.15) is 0 Å². The number of aliphatic hydroxyl groups is 1. The van der Waals surface area contributed by atoms with Gasteiger partial charge in [0, 0.05) is 25.1 Å². The van der Waals surface area contributed by atoms with E-state index in [0.29, 0.717) is 6.42 Å². The molecule has 3 heteroatoms. The van der Waals surface area contributed by atoms with Crippen LogP contribution in [-0.4, -0.2) is 28.9 Å². The molecule has 0 saturated carbocycles. The highest BCUT2D eigenvalue weighted by atomic mass is 16.5. The standard InChI is InChI=1S/C15H19NO2/c1-15(2,18-3)14(17)10-11-8-9-16-13-7-5-4-6-12(11)13/h4-9,14,17H,10H2,1-3H3. The average Bonchev–Trinajstić information content (AvgIpc) is 2.39. The molecular weight excluding hydrogens is 226 g/mol. The number of ether oxygens (including phenoxy) is 1. The summed E-state index contributed by atoms with van der Waals surface area (Å²) in [7, 11) is 1.62. The fourth-order valence-corrected chi connectivity index (χ4v) is 1.92.